The van der Waals surface area contributed by atoms with Gasteiger partial charge in [0.05, 0.1) is 7.11 Å². The van der Waals surface area contributed by atoms with Gasteiger partial charge in [0, 0.05) is 24.9 Å². The molecule has 100 valence electrons. The van der Waals surface area contributed by atoms with Crippen molar-refractivity contribution >= 4 is 29.1 Å². The van der Waals surface area contributed by atoms with Crippen LogP contribution >= 0.6 is 11.8 Å². The molecule has 0 bridgehead atoms. The maximum atomic E-state index is 5.19. The predicted molar refractivity (Wildman–Crippen MR) is 79.6 cm³/mol. The van der Waals surface area contributed by atoms with Gasteiger partial charge in [-0.25, -0.2) is 9.97 Å². The number of nitrogens with one attached hydrogen (secondary N) is 2. The Balaban J connectivity index is 2.26. The van der Waals surface area contributed by atoms with Gasteiger partial charge in [0.25, 0.3) is 0 Å². The first kappa shape index (κ1) is 13.5. The third kappa shape index (κ3) is 3.51. The molecule has 0 fully saturated rings. The van der Waals surface area contributed by atoms with Crippen molar-refractivity contribution in [3.63, 3.8) is 0 Å². The smallest absolute Gasteiger partial charge is 0.191 e. The van der Waals surface area contributed by atoms with Gasteiger partial charge in [-0.15, -0.1) is 0 Å². The zero-order valence-corrected chi connectivity index (χ0v) is 11.9. The second kappa shape index (κ2) is 6.29. The molecule has 2 rings (SSSR count). The first-order valence-electron chi connectivity index (χ1n) is 5.77. The monoisotopic (exact) mass is 276 g/mol. The van der Waals surface area contributed by atoms with Crippen molar-refractivity contribution in [2.24, 2.45) is 0 Å². The third-order valence-electron chi connectivity index (χ3n) is 2.49. The third-order valence-corrected chi connectivity index (χ3v) is 3.03. The van der Waals surface area contributed by atoms with Gasteiger partial charge >= 0.3 is 0 Å². The molecule has 0 saturated carbocycles. The summed E-state index contributed by atoms with van der Waals surface area (Å²) in [6.07, 6.45) is 1.95. The summed E-state index contributed by atoms with van der Waals surface area (Å²) in [6, 6.07) is 9.57. The molecule has 0 unspecified atom stereocenters. The van der Waals surface area contributed by atoms with E-state index in [9.17, 15) is 0 Å². The fourth-order valence-corrected chi connectivity index (χ4v) is 1.94. The van der Waals surface area contributed by atoms with Crippen LogP contribution < -0.4 is 15.4 Å². The van der Waals surface area contributed by atoms with Crippen LogP contribution in [0.15, 0.2) is 35.5 Å². The van der Waals surface area contributed by atoms with E-state index < -0.39 is 0 Å². The molecular weight excluding hydrogens is 260 g/mol. The Kier molecular flexibility index (Phi) is 4.46. The number of aromatic nitrogens is 2. The minimum absolute atomic E-state index is 0.720. The molecule has 0 radical (unpaired) electrons. The lowest BCUT2D eigenvalue weighted by molar-refractivity contribution is 0.415. The van der Waals surface area contributed by atoms with E-state index in [0.29, 0.717) is 0 Å². The number of hydrogen-bond donors (Lipinski definition) is 2. The summed E-state index contributed by atoms with van der Waals surface area (Å²) < 4.78 is 5.19. The summed E-state index contributed by atoms with van der Waals surface area (Å²) in [5.74, 6) is 2.33. The average Bonchev–Trinajstić information content (AvgIpc) is 2.47. The fraction of sp³-hybridized carbons (Fsp3) is 0.231. The number of nitrogens with zero attached hydrogens (tertiary/aromatic N) is 2. The Morgan fingerprint density at radius 2 is 1.95 bits per heavy atom. The maximum absolute atomic E-state index is 5.19. The molecule has 5 nitrogen and oxygen atoms in total. The topological polar surface area (TPSA) is 59.1 Å². The van der Waals surface area contributed by atoms with Gasteiger partial charge in [-0.3, -0.25) is 0 Å². The minimum atomic E-state index is 0.720. The molecule has 0 amide bonds. The van der Waals surface area contributed by atoms with Crippen LogP contribution in [0.25, 0.3) is 0 Å². The lowest BCUT2D eigenvalue weighted by Gasteiger charge is -2.09. The maximum Gasteiger partial charge on any atom is 0.191 e. The summed E-state index contributed by atoms with van der Waals surface area (Å²) >= 11 is 1.50. The SMILES string of the molecule is CNc1cc(Nc2cccc(OC)c2)nc(SC)n1. The number of hydrogen-bond acceptors (Lipinski definition) is 6. The second-order valence-corrected chi connectivity index (χ2v) is 4.51. The quantitative estimate of drug-likeness (QED) is 0.646. The van der Waals surface area contributed by atoms with Gasteiger partial charge in [-0.05, 0) is 18.4 Å². The Hall–Kier alpha value is -1.95. The van der Waals surface area contributed by atoms with Crippen LogP contribution in [0.4, 0.5) is 17.3 Å². The Labute approximate surface area is 116 Å². The van der Waals surface area contributed by atoms with Crippen LogP contribution in [0.3, 0.4) is 0 Å². The van der Waals surface area contributed by atoms with Crippen molar-refractivity contribution < 1.29 is 4.74 Å². The van der Waals surface area contributed by atoms with Crippen molar-refractivity contribution in [1.82, 2.24) is 9.97 Å². The highest BCUT2D eigenvalue weighted by Crippen LogP contribution is 2.23. The predicted octanol–water partition coefficient (Wildman–Crippen LogP) is 2.99. The second-order valence-electron chi connectivity index (χ2n) is 3.73. The highest BCUT2D eigenvalue weighted by Gasteiger charge is 2.04. The summed E-state index contributed by atoms with van der Waals surface area (Å²) in [5, 5.41) is 6.98. The van der Waals surface area contributed by atoms with Crippen LogP contribution in [-0.2, 0) is 0 Å². The van der Waals surface area contributed by atoms with Gasteiger partial charge in [0.1, 0.15) is 17.4 Å². The van der Waals surface area contributed by atoms with Gasteiger partial charge in [-0.1, -0.05) is 17.8 Å². The van der Waals surface area contributed by atoms with Crippen molar-refractivity contribution in [2.45, 2.75) is 5.16 Å². The zero-order valence-electron chi connectivity index (χ0n) is 11.1. The van der Waals surface area contributed by atoms with E-state index in [1.165, 1.54) is 11.8 Å². The standard InChI is InChI=1S/C13H16N4OS/c1-14-11-8-12(17-13(16-11)19-3)15-9-5-4-6-10(7-9)18-2/h4-8H,1-3H3,(H2,14,15,16,17). The number of ether oxygens (including phenoxy) is 1. The number of thioether (sulfide) groups is 1. The van der Waals surface area contributed by atoms with Crippen LogP contribution in [0.5, 0.6) is 5.75 Å². The Morgan fingerprint density at radius 1 is 1.16 bits per heavy atom. The normalized spacial score (nSPS) is 10.1. The van der Waals surface area contributed by atoms with E-state index in [1.54, 1.807) is 7.11 Å². The van der Waals surface area contributed by atoms with Crippen molar-refractivity contribution in [3.8, 4) is 5.75 Å². The first-order valence-corrected chi connectivity index (χ1v) is 6.99. The van der Waals surface area contributed by atoms with Crippen molar-refractivity contribution in [3.05, 3.63) is 30.3 Å². The summed E-state index contributed by atoms with van der Waals surface area (Å²) in [5.41, 5.74) is 0.923. The summed E-state index contributed by atoms with van der Waals surface area (Å²) in [7, 11) is 3.48. The lowest BCUT2D eigenvalue weighted by atomic mass is 10.3. The summed E-state index contributed by atoms with van der Waals surface area (Å²) in [6.45, 7) is 0. The van der Waals surface area contributed by atoms with Gasteiger partial charge in [0.15, 0.2) is 5.16 Å². The van der Waals surface area contributed by atoms with Crippen LogP contribution in [-0.4, -0.2) is 30.4 Å². The van der Waals surface area contributed by atoms with E-state index in [1.807, 2.05) is 43.6 Å². The largest absolute Gasteiger partial charge is 0.497 e. The first-order chi connectivity index (χ1) is 9.25. The van der Waals surface area contributed by atoms with Crippen molar-refractivity contribution in [2.75, 3.05) is 31.0 Å². The fourth-order valence-electron chi connectivity index (χ4n) is 1.56. The zero-order chi connectivity index (χ0) is 13.7. The minimum Gasteiger partial charge on any atom is -0.497 e. The number of methoxy groups -OCH3 is 1. The number of anilines is 3. The molecule has 0 atom stereocenters. The Morgan fingerprint density at radius 3 is 2.63 bits per heavy atom. The van der Waals surface area contributed by atoms with E-state index in [0.717, 1.165) is 28.2 Å². The molecule has 0 aliphatic rings. The number of benzene rings is 1. The molecular formula is C13H16N4OS. The molecule has 2 aromatic rings. The average molecular weight is 276 g/mol. The van der Waals surface area contributed by atoms with E-state index >= 15 is 0 Å². The van der Waals surface area contributed by atoms with Crippen LogP contribution in [0.1, 0.15) is 0 Å². The molecule has 6 heteroatoms. The van der Waals surface area contributed by atoms with E-state index in [4.69, 9.17) is 4.74 Å². The molecule has 0 spiro atoms. The lowest BCUT2D eigenvalue weighted by Crippen LogP contribution is -2.00. The highest BCUT2D eigenvalue weighted by atomic mass is 32.2. The Bertz CT molecular complexity index is 540. The molecule has 19 heavy (non-hydrogen) atoms. The van der Waals surface area contributed by atoms with Gasteiger partial charge in [0.2, 0.25) is 0 Å². The molecule has 2 N–H and O–H groups in total. The van der Waals surface area contributed by atoms with E-state index in [-0.39, 0.29) is 0 Å². The van der Waals surface area contributed by atoms with E-state index in [2.05, 4.69) is 20.6 Å². The number of rotatable bonds is 5. The van der Waals surface area contributed by atoms with Gasteiger partial charge < -0.3 is 15.4 Å². The summed E-state index contributed by atoms with van der Waals surface area (Å²) in [4.78, 5) is 8.73. The van der Waals surface area contributed by atoms with Gasteiger partial charge in [-0.2, -0.15) is 0 Å². The molecule has 0 saturated heterocycles. The molecule has 1 heterocycles. The van der Waals surface area contributed by atoms with Crippen molar-refractivity contribution in [1.29, 1.82) is 0 Å². The van der Waals surface area contributed by atoms with Crippen LogP contribution in [0, 0.1) is 0 Å². The molecule has 1 aromatic carbocycles. The molecule has 0 aliphatic carbocycles. The highest BCUT2D eigenvalue weighted by molar-refractivity contribution is 7.98. The molecule has 0 aliphatic heterocycles. The molecule has 1 aromatic heterocycles. The van der Waals surface area contributed by atoms with Crippen LogP contribution in [0.2, 0.25) is 0 Å².